The van der Waals surface area contributed by atoms with E-state index in [-0.39, 0.29) is 16.7 Å². The maximum Gasteiger partial charge on any atom is 0.446 e. The van der Waals surface area contributed by atoms with Crippen LogP contribution < -0.4 is 20.3 Å². The van der Waals surface area contributed by atoms with E-state index in [1.165, 1.54) is 6.07 Å². The quantitative estimate of drug-likeness (QED) is 0.101. The monoisotopic (exact) mass is 593 g/mol. The number of hydrogen-bond acceptors (Lipinski definition) is 6. The van der Waals surface area contributed by atoms with Gasteiger partial charge in [-0.3, -0.25) is 0 Å². The number of nitrogens with one attached hydrogen (secondary N) is 2. The predicted octanol–water partition coefficient (Wildman–Crippen LogP) is 7.89. The minimum atomic E-state index is -4.38. The molecule has 0 saturated heterocycles. The maximum atomic E-state index is 13.1. The van der Waals surface area contributed by atoms with Crippen LogP contribution in [0.5, 0.6) is 5.75 Å². The van der Waals surface area contributed by atoms with Crippen LogP contribution in [0.3, 0.4) is 0 Å². The van der Waals surface area contributed by atoms with Gasteiger partial charge in [-0.25, -0.2) is 0 Å². The number of thioether (sulfide) groups is 1. The minimum Gasteiger partial charge on any atom is -0.497 e. The number of hydrogen-bond donors (Lipinski definition) is 2. The van der Waals surface area contributed by atoms with Crippen molar-refractivity contribution in [3.05, 3.63) is 76.8 Å². The molecular weight excluding hydrogens is 567 g/mol. The Morgan fingerprint density at radius 1 is 1.15 bits per heavy atom. The fourth-order valence-electron chi connectivity index (χ4n) is 4.37. The minimum absolute atomic E-state index is 0.116. The Labute approximate surface area is 240 Å². The molecule has 0 saturated carbocycles. The largest absolute Gasteiger partial charge is 0.497 e. The van der Waals surface area contributed by atoms with Crippen LogP contribution in [0.4, 0.5) is 30.2 Å². The van der Waals surface area contributed by atoms with Gasteiger partial charge >= 0.3 is 5.51 Å². The zero-order chi connectivity index (χ0) is 28.0. The molecule has 0 aliphatic carbocycles. The molecule has 2 N–H and O–H groups in total. The second-order valence-electron chi connectivity index (χ2n) is 8.89. The van der Waals surface area contributed by atoms with Crippen LogP contribution in [0.1, 0.15) is 30.0 Å². The predicted molar refractivity (Wildman–Crippen MR) is 157 cm³/mol. The number of nitrogens with zero attached hydrogens (tertiary/aromatic N) is 1. The molecule has 206 valence electrons. The molecule has 0 aromatic heterocycles. The first-order valence-corrected chi connectivity index (χ1v) is 13.9. The summed E-state index contributed by atoms with van der Waals surface area (Å²) < 4.78 is 44.7. The summed E-state index contributed by atoms with van der Waals surface area (Å²) in [5.41, 5.74) is -0.363. The Hall–Kier alpha value is -2.95. The van der Waals surface area contributed by atoms with Crippen molar-refractivity contribution in [2.24, 2.45) is 0 Å². The molecule has 0 spiro atoms. The molecule has 0 fully saturated rings. The zero-order valence-corrected chi connectivity index (χ0v) is 23.4. The molecule has 1 unspecified atom stereocenters. The van der Waals surface area contributed by atoms with Crippen molar-refractivity contribution in [3.63, 3.8) is 0 Å². The standard InChI is InChI=1S/C28H27ClF3N3O2S2/c1-37-23-15-21(33-11-2-3-13-36)14-22(16-23)34-26(19-4-7-20(29)8-5-19)27(38)35-12-10-18-6-9-24(17-25(18)35)39-28(30,31)32/h4-9,13-17,26,33-34H,2-3,10-12H2,1H3. The van der Waals surface area contributed by atoms with Gasteiger partial charge < -0.3 is 25.1 Å². The number of aldehydes is 1. The summed E-state index contributed by atoms with van der Waals surface area (Å²) in [5, 5.41) is 7.38. The third kappa shape index (κ3) is 7.80. The number of fused-ring (bicyclic) bond motifs is 1. The number of benzene rings is 3. The SMILES string of the molecule is COc1cc(NCCCC=O)cc(NC(C(=S)N2CCc3ccc(SC(F)(F)F)cc32)c2ccc(Cl)cc2)c1. The van der Waals surface area contributed by atoms with Crippen LogP contribution in [0.15, 0.2) is 65.6 Å². The lowest BCUT2D eigenvalue weighted by molar-refractivity contribution is -0.107. The highest BCUT2D eigenvalue weighted by atomic mass is 35.5. The maximum absolute atomic E-state index is 13.1. The topological polar surface area (TPSA) is 53.6 Å². The highest BCUT2D eigenvalue weighted by Gasteiger charge is 2.32. The Morgan fingerprint density at radius 2 is 1.90 bits per heavy atom. The van der Waals surface area contributed by atoms with Gasteiger partial charge in [-0.1, -0.05) is 42.0 Å². The van der Waals surface area contributed by atoms with Crippen molar-refractivity contribution in [1.29, 1.82) is 0 Å². The van der Waals surface area contributed by atoms with Gasteiger partial charge in [0.05, 0.1) is 7.11 Å². The number of anilines is 3. The number of methoxy groups -OCH3 is 1. The lowest BCUT2D eigenvalue weighted by Crippen LogP contribution is -2.35. The molecule has 0 amide bonds. The first kappa shape index (κ1) is 29.0. The van der Waals surface area contributed by atoms with Crippen LogP contribution in [0.25, 0.3) is 0 Å². The number of unbranched alkanes of at least 4 members (excludes halogenated alkanes) is 1. The van der Waals surface area contributed by atoms with E-state index in [1.807, 2.05) is 35.2 Å². The average molecular weight is 594 g/mol. The van der Waals surface area contributed by atoms with Crippen molar-refractivity contribution in [2.75, 3.05) is 35.7 Å². The summed E-state index contributed by atoms with van der Waals surface area (Å²) in [6, 6.07) is 17.2. The van der Waals surface area contributed by atoms with E-state index in [9.17, 15) is 18.0 Å². The summed E-state index contributed by atoms with van der Waals surface area (Å²) in [4.78, 5) is 13.2. The summed E-state index contributed by atoms with van der Waals surface area (Å²) in [6.07, 6.45) is 2.73. The third-order valence-corrected chi connectivity index (χ3v) is 7.61. The second-order valence-corrected chi connectivity index (χ2v) is 10.9. The third-order valence-electron chi connectivity index (χ3n) is 6.18. The van der Waals surface area contributed by atoms with Gasteiger partial charge in [-0.2, -0.15) is 13.2 Å². The van der Waals surface area contributed by atoms with Crippen LogP contribution >= 0.6 is 35.6 Å². The number of thiocarbonyl (C=S) groups is 1. The molecule has 5 nitrogen and oxygen atoms in total. The average Bonchev–Trinajstić information content (AvgIpc) is 3.32. The highest BCUT2D eigenvalue weighted by Crippen LogP contribution is 2.41. The molecular formula is C28H27ClF3N3O2S2. The Balaban J connectivity index is 1.65. The van der Waals surface area contributed by atoms with Gasteiger partial charge in [-0.15, -0.1) is 0 Å². The van der Waals surface area contributed by atoms with Crippen molar-refractivity contribution in [1.82, 2.24) is 0 Å². The lowest BCUT2D eigenvalue weighted by Gasteiger charge is -2.29. The second kappa shape index (κ2) is 12.9. The molecule has 39 heavy (non-hydrogen) atoms. The van der Waals surface area contributed by atoms with E-state index in [0.717, 1.165) is 28.8 Å². The van der Waals surface area contributed by atoms with Crippen LogP contribution in [-0.2, 0) is 11.2 Å². The molecule has 1 aliphatic rings. The fourth-order valence-corrected chi connectivity index (χ4v) is 5.46. The van der Waals surface area contributed by atoms with Gasteiger partial charge in [0.15, 0.2) is 0 Å². The van der Waals surface area contributed by atoms with Crippen LogP contribution in [0, 0.1) is 0 Å². The molecule has 3 aromatic carbocycles. The van der Waals surface area contributed by atoms with Crippen LogP contribution in [-0.4, -0.2) is 37.0 Å². The van der Waals surface area contributed by atoms with Crippen molar-refractivity contribution < 1.29 is 22.7 Å². The van der Waals surface area contributed by atoms with Crippen molar-refractivity contribution in [2.45, 2.75) is 35.7 Å². The molecule has 3 aromatic rings. The number of alkyl halides is 3. The van der Waals surface area contributed by atoms with Gasteiger partial charge in [0.1, 0.15) is 23.1 Å². The first-order chi connectivity index (χ1) is 18.7. The Bertz CT molecular complexity index is 1320. The van der Waals surface area contributed by atoms with Crippen molar-refractivity contribution >= 4 is 63.9 Å². The molecule has 4 rings (SSSR count). The lowest BCUT2D eigenvalue weighted by atomic mass is 10.0. The molecule has 1 atom stereocenters. The number of rotatable bonds is 11. The van der Waals surface area contributed by atoms with Gasteiger partial charge in [-0.05, 0) is 66.1 Å². The van der Waals surface area contributed by atoms with E-state index in [0.29, 0.717) is 53.8 Å². The smallest absolute Gasteiger partial charge is 0.446 e. The van der Waals surface area contributed by atoms with E-state index in [1.54, 1.807) is 31.4 Å². The normalized spacial score (nSPS) is 13.5. The number of halogens is 4. The number of carbonyl (C=O) groups excluding carboxylic acids is 1. The first-order valence-electron chi connectivity index (χ1n) is 12.3. The van der Waals surface area contributed by atoms with E-state index in [2.05, 4.69) is 10.6 Å². The Kier molecular flexibility index (Phi) is 9.63. The van der Waals surface area contributed by atoms with E-state index >= 15 is 0 Å². The highest BCUT2D eigenvalue weighted by molar-refractivity contribution is 8.00. The summed E-state index contributed by atoms with van der Waals surface area (Å²) in [5.74, 6) is 0.624. The summed E-state index contributed by atoms with van der Waals surface area (Å²) in [7, 11) is 1.58. The van der Waals surface area contributed by atoms with E-state index in [4.69, 9.17) is 28.6 Å². The molecule has 11 heteroatoms. The number of ether oxygens (including phenoxy) is 1. The fraction of sp³-hybridized carbons (Fsp3) is 0.286. The van der Waals surface area contributed by atoms with Crippen LogP contribution in [0.2, 0.25) is 5.02 Å². The van der Waals surface area contributed by atoms with Gasteiger partial charge in [0.25, 0.3) is 0 Å². The summed E-state index contributed by atoms with van der Waals surface area (Å²) in [6.45, 7) is 1.18. The van der Waals surface area contributed by atoms with E-state index < -0.39 is 11.6 Å². The Morgan fingerprint density at radius 3 is 2.59 bits per heavy atom. The molecule has 0 bridgehead atoms. The van der Waals surface area contributed by atoms with Gasteiger partial charge in [0, 0.05) is 58.6 Å². The van der Waals surface area contributed by atoms with Gasteiger partial charge in [0.2, 0.25) is 0 Å². The zero-order valence-electron chi connectivity index (χ0n) is 21.1. The molecule has 1 heterocycles. The molecule has 1 aliphatic heterocycles. The number of carbonyl (C=O) groups is 1. The van der Waals surface area contributed by atoms with Crippen molar-refractivity contribution in [3.8, 4) is 5.75 Å². The molecule has 0 radical (unpaired) electrons. The summed E-state index contributed by atoms with van der Waals surface area (Å²) >= 11 is 12.0.